The van der Waals surface area contributed by atoms with Gasteiger partial charge >= 0.3 is 39.5 Å². The van der Waals surface area contributed by atoms with E-state index in [9.17, 15) is 43.2 Å². The van der Waals surface area contributed by atoms with Crippen molar-refractivity contribution < 1.29 is 80.2 Å². The van der Waals surface area contributed by atoms with Gasteiger partial charge < -0.3 is 33.8 Å². The smallest absolute Gasteiger partial charge is 0.462 e. The van der Waals surface area contributed by atoms with Crippen molar-refractivity contribution in [2.45, 2.75) is 394 Å². The van der Waals surface area contributed by atoms with Crippen LogP contribution in [0.3, 0.4) is 0 Å². The summed E-state index contributed by atoms with van der Waals surface area (Å²) in [5, 5.41) is 10.6. The summed E-state index contributed by atoms with van der Waals surface area (Å²) in [6, 6.07) is 0. The van der Waals surface area contributed by atoms with Crippen LogP contribution < -0.4 is 0 Å². The predicted octanol–water partition coefficient (Wildman–Crippen LogP) is 21.4. The molecule has 3 N–H and O–H groups in total. The van der Waals surface area contributed by atoms with Crippen LogP contribution in [0.4, 0.5) is 0 Å². The van der Waals surface area contributed by atoms with Crippen molar-refractivity contribution in [1.82, 2.24) is 0 Å². The maximum absolute atomic E-state index is 13.1. The fourth-order valence-corrected chi connectivity index (χ4v) is 12.8. The van der Waals surface area contributed by atoms with Gasteiger partial charge in [-0.15, -0.1) is 0 Å². The average Bonchev–Trinajstić information content (AvgIpc) is 2.79. The lowest BCUT2D eigenvalue weighted by Gasteiger charge is -2.21. The Labute approximate surface area is 568 Å². The van der Waals surface area contributed by atoms with E-state index in [1.54, 1.807) is 0 Å². The second kappa shape index (κ2) is 64.7. The number of aliphatic hydroxyl groups excluding tert-OH is 1. The molecule has 0 saturated carbocycles. The van der Waals surface area contributed by atoms with Crippen molar-refractivity contribution in [3.8, 4) is 0 Å². The highest BCUT2D eigenvalue weighted by molar-refractivity contribution is 7.47. The van der Waals surface area contributed by atoms with Gasteiger partial charge in [-0.2, -0.15) is 0 Å². The Balaban J connectivity index is 5.23. The molecule has 552 valence electrons. The summed E-state index contributed by atoms with van der Waals surface area (Å²) in [5.41, 5.74) is 0. The molecule has 0 aliphatic carbocycles. The van der Waals surface area contributed by atoms with E-state index < -0.39 is 97.5 Å². The second-order valence-corrected chi connectivity index (χ2v) is 30.8. The van der Waals surface area contributed by atoms with Crippen LogP contribution in [0.25, 0.3) is 0 Å². The highest BCUT2D eigenvalue weighted by Gasteiger charge is 2.30. The standard InChI is InChI=1S/C74H144O17P2/c1-8-10-11-12-13-24-34-41-48-55-71(76)84-61-69(91-74(79)58-51-44-37-30-23-21-26-32-39-46-53-66(5)6)63-88-92(80,81)86-59-68(75)60-87-93(82,83)89-64-70(62-85-72(77)56-49-42-35-28-22-20-25-31-38-45-52-65(3)4)90-73(78)57-50-43-36-29-19-17-15-14-16-18-27-33-40-47-54-67(7)9-2/h65-70,75H,8-64H2,1-7H3,(H,80,81)(H,82,83)/t67?,68-,69+,70+/m0/s1. The largest absolute Gasteiger partial charge is 0.472 e. The number of phosphoric ester groups is 2. The molecule has 0 aromatic rings. The van der Waals surface area contributed by atoms with E-state index in [2.05, 4.69) is 48.5 Å². The molecule has 19 heteroatoms. The number of ether oxygens (including phenoxy) is 4. The van der Waals surface area contributed by atoms with Gasteiger partial charge in [0.25, 0.3) is 0 Å². The molecule has 93 heavy (non-hydrogen) atoms. The first-order valence-electron chi connectivity index (χ1n) is 38.4. The van der Waals surface area contributed by atoms with E-state index in [-0.39, 0.29) is 25.7 Å². The van der Waals surface area contributed by atoms with Crippen molar-refractivity contribution in [2.24, 2.45) is 17.8 Å². The number of aliphatic hydroxyl groups is 1. The molecule has 6 atom stereocenters. The fourth-order valence-electron chi connectivity index (χ4n) is 11.2. The van der Waals surface area contributed by atoms with E-state index in [1.807, 2.05) is 0 Å². The van der Waals surface area contributed by atoms with Crippen LogP contribution in [0.15, 0.2) is 0 Å². The third-order valence-electron chi connectivity index (χ3n) is 17.5. The van der Waals surface area contributed by atoms with E-state index >= 15 is 0 Å². The van der Waals surface area contributed by atoms with Gasteiger partial charge in [-0.1, -0.05) is 325 Å². The maximum Gasteiger partial charge on any atom is 0.472 e. The third-order valence-corrected chi connectivity index (χ3v) is 19.4. The molecular weight excluding hydrogens is 1220 g/mol. The summed E-state index contributed by atoms with van der Waals surface area (Å²) in [7, 11) is -9.91. The summed E-state index contributed by atoms with van der Waals surface area (Å²) in [6.45, 7) is 11.9. The number of hydrogen-bond donors (Lipinski definition) is 3. The summed E-state index contributed by atoms with van der Waals surface area (Å²) in [6.07, 6.45) is 49.8. The molecule has 0 rings (SSSR count). The Kier molecular flexibility index (Phi) is 63.4. The summed E-state index contributed by atoms with van der Waals surface area (Å²) in [5.74, 6) is 0.235. The van der Waals surface area contributed by atoms with E-state index in [0.29, 0.717) is 25.7 Å². The molecule has 17 nitrogen and oxygen atoms in total. The van der Waals surface area contributed by atoms with Gasteiger partial charge in [-0.05, 0) is 43.4 Å². The Morgan fingerprint density at radius 3 is 0.817 bits per heavy atom. The second-order valence-electron chi connectivity index (χ2n) is 27.9. The molecule has 0 aromatic carbocycles. The summed E-state index contributed by atoms with van der Waals surface area (Å²) in [4.78, 5) is 72.7. The summed E-state index contributed by atoms with van der Waals surface area (Å²) < 4.78 is 68.4. The molecule has 0 amide bonds. The van der Waals surface area contributed by atoms with E-state index in [1.165, 1.54) is 186 Å². The SMILES string of the molecule is CCCCCCCCCCCC(=O)OC[C@H](COP(=O)(O)OC[C@H](O)COP(=O)(O)OC[C@@H](COC(=O)CCCCCCCCCCCCC(C)C)OC(=O)CCCCCCCCCCCCCCCCC(C)CC)OC(=O)CCCCCCCCCCCCC(C)C. The Bertz CT molecular complexity index is 1820. The van der Waals surface area contributed by atoms with E-state index in [0.717, 1.165) is 108 Å². The molecule has 0 aliphatic heterocycles. The number of rotatable bonds is 72. The molecule has 0 fully saturated rings. The lowest BCUT2D eigenvalue weighted by atomic mass is 9.99. The Morgan fingerprint density at radius 1 is 0.312 bits per heavy atom. The highest BCUT2D eigenvalue weighted by Crippen LogP contribution is 2.45. The molecule has 0 bridgehead atoms. The predicted molar refractivity (Wildman–Crippen MR) is 377 cm³/mol. The van der Waals surface area contributed by atoms with Gasteiger partial charge in [0.05, 0.1) is 26.4 Å². The van der Waals surface area contributed by atoms with Gasteiger partial charge in [-0.25, -0.2) is 9.13 Å². The lowest BCUT2D eigenvalue weighted by molar-refractivity contribution is -0.161. The van der Waals surface area contributed by atoms with Crippen molar-refractivity contribution in [3.05, 3.63) is 0 Å². The number of carbonyl (C=O) groups excluding carboxylic acids is 4. The Hall–Kier alpha value is -1.94. The fraction of sp³-hybridized carbons (Fsp3) is 0.946. The van der Waals surface area contributed by atoms with Crippen LogP contribution in [0.1, 0.15) is 376 Å². The number of phosphoric acid groups is 2. The Morgan fingerprint density at radius 2 is 0.548 bits per heavy atom. The molecular formula is C74H144O17P2. The number of esters is 4. The first kappa shape index (κ1) is 91.1. The van der Waals surface area contributed by atoms with Crippen LogP contribution >= 0.6 is 15.6 Å². The van der Waals surface area contributed by atoms with Crippen LogP contribution in [0.2, 0.25) is 0 Å². The number of unbranched alkanes of at least 4 members (excludes halogenated alkanes) is 39. The zero-order valence-electron chi connectivity index (χ0n) is 60.7. The monoisotopic (exact) mass is 1370 g/mol. The normalized spacial score (nSPS) is 14.4. The van der Waals surface area contributed by atoms with Crippen molar-refractivity contribution in [3.63, 3.8) is 0 Å². The van der Waals surface area contributed by atoms with Crippen LogP contribution in [0, 0.1) is 17.8 Å². The number of hydrogen-bond acceptors (Lipinski definition) is 15. The zero-order chi connectivity index (χ0) is 68.7. The van der Waals surface area contributed by atoms with Gasteiger partial charge in [-0.3, -0.25) is 37.3 Å². The van der Waals surface area contributed by atoms with Gasteiger partial charge in [0.1, 0.15) is 19.3 Å². The zero-order valence-corrected chi connectivity index (χ0v) is 62.5. The number of carbonyl (C=O) groups is 4. The molecule has 3 unspecified atom stereocenters. The first-order chi connectivity index (χ1) is 44.8. The van der Waals surface area contributed by atoms with Crippen molar-refractivity contribution in [1.29, 1.82) is 0 Å². The summed E-state index contributed by atoms with van der Waals surface area (Å²) >= 11 is 0. The van der Waals surface area contributed by atoms with Gasteiger partial charge in [0.15, 0.2) is 12.2 Å². The molecule has 0 aliphatic rings. The topological polar surface area (TPSA) is 237 Å². The molecule has 0 heterocycles. The van der Waals surface area contributed by atoms with Gasteiger partial charge in [0, 0.05) is 25.7 Å². The maximum atomic E-state index is 13.1. The van der Waals surface area contributed by atoms with Crippen LogP contribution in [-0.2, 0) is 65.4 Å². The van der Waals surface area contributed by atoms with Gasteiger partial charge in [0.2, 0.25) is 0 Å². The quantitative estimate of drug-likeness (QED) is 0.0222. The molecule has 0 spiro atoms. The molecule has 0 aromatic heterocycles. The van der Waals surface area contributed by atoms with Crippen molar-refractivity contribution in [2.75, 3.05) is 39.6 Å². The van der Waals surface area contributed by atoms with Crippen LogP contribution in [0.5, 0.6) is 0 Å². The highest BCUT2D eigenvalue weighted by atomic mass is 31.2. The lowest BCUT2D eigenvalue weighted by Crippen LogP contribution is -2.30. The van der Waals surface area contributed by atoms with Crippen molar-refractivity contribution >= 4 is 39.5 Å². The minimum absolute atomic E-state index is 0.106. The molecule has 0 radical (unpaired) electrons. The average molecular weight is 1370 g/mol. The van der Waals surface area contributed by atoms with Crippen LogP contribution in [-0.4, -0.2) is 96.7 Å². The third kappa shape index (κ3) is 67.0. The van der Waals surface area contributed by atoms with E-state index in [4.69, 9.17) is 37.0 Å². The minimum Gasteiger partial charge on any atom is -0.462 e. The minimum atomic E-state index is -4.96. The molecule has 0 saturated heterocycles. The first-order valence-corrected chi connectivity index (χ1v) is 41.4.